The molecule has 5 nitrogen and oxygen atoms in total. The van der Waals surface area contributed by atoms with Crippen LogP contribution in [0.2, 0.25) is 0 Å². The quantitative estimate of drug-likeness (QED) is 0.557. The van der Waals surface area contributed by atoms with Gasteiger partial charge in [-0.25, -0.2) is 8.42 Å². The van der Waals surface area contributed by atoms with E-state index in [0.717, 1.165) is 27.7 Å². The highest BCUT2D eigenvalue weighted by Gasteiger charge is 2.23. The minimum absolute atomic E-state index is 0.0998. The third-order valence-electron chi connectivity index (χ3n) is 4.77. The Hall–Kier alpha value is -3.22. The predicted octanol–water partition coefficient (Wildman–Crippen LogP) is 4.74. The normalized spacial score (nSPS) is 11.7. The summed E-state index contributed by atoms with van der Waals surface area (Å²) in [5, 5.41) is 3.98. The van der Waals surface area contributed by atoms with Crippen LogP contribution in [0.25, 0.3) is 6.08 Å². The van der Waals surface area contributed by atoms with E-state index in [1.807, 2.05) is 92.7 Å². The van der Waals surface area contributed by atoms with Crippen LogP contribution in [-0.2, 0) is 21.4 Å². The summed E-state index contributed by atoms with van der Waals surface area (Å²) in [6.07, 6.45) is 1.54. The Morgan fingerprint density at radius 3 is 2.23 bits per heavy atom. The fraction of sp³-hybridized carbons (Fsp3) is 0.160. The minimum Gasteiger partial charge on any atom is -0.325 e. The summed E-state index contributed by atoms with van der Waals surface area (Å²) in [5.41, 5.74) is 4.26. The van der Waals surface area contributed by atoms with E-state index in [1.54, 1.807) is 0 Å². The maximum Gasteiger partial charge on any atom is 0.239 e. The molecule has 6 heteroatoms. The molecule has 0 unspecified atom stereocenters. The van der Waals surface area contributed by atoms with E-state index in [2.05, 4.69) is 5.32 Å². The molecular formula is C25H26N2O3S. The molecule has 3 aromatic rings. The molecule has 0 saturated carbocycles. The molecule has 31 heavy (non-hydrogen) atoms. The summed E-state index contributed by atoms with van der Waals surface area (Å²) in [4.78, 5) is 12.7. The summed E-state index contributed by atoms with van der Waals surface area (Å²) < 4.78 is 27.3. The van der Waals surface area contributed by atoms with E-state index < -0.39 is 10.0 Å². The van der Waals surface area contributed by atoms with Gasteiger partial charge in [0.2, 0.25) is 15.9 Å². The molecule has 3 aromatic carbocycles. The number of amides is 1. The third kappa shape index (κ3) is 6.64. The number of hydrogen-bond acceptors (Lipinski definition) is 3. The van der Waals surface area contributed by atoms with Crippen LogP contribution in [0.1, 0.15) is 22.3 Å². The second-order valence-corrected chi connectivity index (χ2v) is 9.20. The number of carbonyl (C=O) groups excluding carboxylic acids is 1. The topological polar surface area (TPSA) is 66.5 Å². The number of sulfonamides is 1. The molecule has 1 N–H and O–H groups in total. The van der Waals surface area contributed by atoms with E-state index >= 15 is 0 Å². The molecule has 0 heterocycles. The number of benzene rings is 3. The molecule has 160 valence electrons. The van der Waals surface area contributed by atoms with Gasteiger partial charge in [0.15, 0.2) is 0 Å². The Balaban J connectivity index is 1.81. The third-order valence-corrected chi connectivity index (χ3v) is 6.23. The molecule has 0 aromatic heterocycles. The van der Waals surface area contributed by atoms with Gasteiger partial charge in [-0.1, -0.05) is 78.4 Å². The van der Waals surface area contributed by atoms with E-state index in [9.17, 15) is 13.2 Å². The average Bonchev–Trinajstić information content (AvgIpc) is 2.75. The van der Waals surface area contributed by atoms with Crippen LogP contribution in [0, 0.1) is 13.8 Å². The van der Waals surface area contributed by atoms with Gasteiger partial charge >= 0.3 is 0 Å². The Morgan fingerprint density at radius 2 is 1.58 bits per heavy atom. The molecule has 0 atom stereocenters. The number of nitrogens with zero attached hydrogens (tertiary/aromatic N) is 1. The fourth-order valence-corrected chi connectivity index (χ4v) is 4.27. The first-order valence-electron chi connectivity index (χ1n) is 9.98. The molecule has 3 rings (SSSR count). The molecular weight excluding hydrogens is 408 g/mol. The second-order valence-electron chi connectivity index (χ2n) is 7.38. The fourth-order valence-electron chi connectivity index (χ4n) is 3.14. The first-order chi connectivity index (χ1) is 14.8. The van der Waals surface area contributed by atoms with Crippen molar-refractivity contribution in [3.05, 3.63) is 107 Å². The maximum absolute atomic E-state index is 13.1. The number of nitrogens with one attached hydrogen (secondary N) is 1. The van der Waals surface area contributed by atoms with Crippen LogP contribution in [0.4, 0.5) is 5.69 Å². The lowest BCUT2D eigenvalue weighted by Crippen LogP contribution is -2.36. The first-order valence-corrected chi connectivity index (χ1v) is 11.5. The van der Waals surface area contributed by atoms with Crippen LogP contribution >= 0.6 is 0 Å². The number of rotatable bonds is 8. The lowest BCUT2D eigenvalue weighted by molar-refractivity contribution is -0.116. The summed E-state index contributed by atoms with van der Waals surface area (Å²) in [6.45, 7) is 3.70. The molecule has 0 aliphatic heterocycles. The maximum atomic E-state index is 13.1. The molecule has 0 bridgehead atoms. The first kappa shape index (κ1) is 22.5. The number of anilines is 1. The van der Waals surface area contributed by atoms with Crippen LogP contribution in [0.3, 0.4) is 0 Å². The van der Waals surface area contributed by atoms with Crippen LogP contribution in [0.5, 0.6) is 0 Å². The molecule has 0 spiro atoms. The zero-order chi connectivity index (χ0) is 22.3. The van der Waals surface area contributed by atoms with Crippen LogP contribution < -0.4 is 5.32 Å². The van der Waals surface area contributed by atoms with Crippen molar-refractivity contribution >= 4 is 27.7 Å². The van der Waals surface area contributed by atoms with Gasteiger partial charge < -0.3 is 5.32 Å². The summed E-state index contributed by atoms with van der Waals surface area (Å²) in [7, 11) is -3.83. The van der Waals surface area contributed by atoms with Gasteiger partial charge in [-0.15, -0.1) is 0 Å². The van der Waals surface area contributed by atoms with E-state index in [0.29, 0.717) is 5.69 Å². The largest absolute Gasteiger partial charge is 0.325 e. The highest BCUT2D eigenvalue weighted by Crippen LogP contribution is 2.17. The van der Waals surface area contributed by atoms with Gasteiger partial charge in [0.25, 0.3) is 0 Å². The van der Waals surface area contributed by atoms with Crippen molar-refractivity contribution in [3.63, 3.8) is 0 Å². The van der Waals surface area contributed by atoms with Gasteiger partial charge in [-0.3, -0.25) is 4.79 Å². The van der Waals surface area contributed by atoms with Crippen molar-refractivity contribution in [3.8, 4) is 0 Å². The molecule has 0 saturated heterocycles. The Morgan fingerprint density at radius 1 is 0.935 bits per heavy atom. The minimum atomic E-state index is -3.83. The summed E-state index contributed by atoms with van der Waals surface area (Å²) >= 11 is 0. The highest BCUT2D eigenvalue weighted by atomic mass is 32.2. The lowest BCUT2D eigenvalue weighted by atomic mass is 10.1. The van der Waals surface area contributed by atoms with Crippen LogP contribution in [-0.4, -0.2) is 25.2 Å². The van der Waals surface area contributed by atoms with Crippen LogP contribution in [0.15, 0.2) is 84.3 Å². The molecule has 0 aliphatic carbocycles. The lowest BCUT2D eigenvalue weighted by Gasteiger charge is -2.20. The Labute approximate surface area is 184 Å². The van der Waals surface area contributed by atoms with Gasteiger partial charge in [-0.2, -0.15) is 4.31 Å². The Bertz CT molecular complexity index is 1160. The van der Waals surface area contributed by atoms with E-state index in [4.69, 9.17) is 0 Å². The second kappa shape index (κ2) is 10.2. The zero-order valence-electron chi connectivity index (χ0n) is 17.7. The van der Waals surface area contributed by atoms with Gasteiger partial charge in [0.05, 0.1) is 6.54 Å². The zero-order valence-corrected chi connectivity index (χ0v) is 18.5. The molecule has 0 aliphatic rings. The van der Waals surface area contributed by atoms with Crippen molar-refractivity contribution in [1.82, 2.24) is 4.31 Å². The average molecular weight is 435 g/mol. The summed E-state index contributed by atoms with van der Waals surface area (Å²) in [5.74, 6) is -0.389. The van der Waals surface area contributed by atoms with Crippen molar-refractivity contribution in [2.75, 3.05) is 11.9 Å². The highest BCUT2D eigenvalue weighted by molar-refractivity contribution is 7.92. The van der Waals surface area contributed by atoms with Crippen molar-refractivity contribution in [2.45, 2.75) is 20.4 Å². The van der Waals surface area contributed by atoms with Gasteiger partial charge in [0, 0.05) is 17.6 Å². The van der Waals surface area contributed by atoms with E-state index in [1.165, 1.54) is 10.4 Å². The number of hydrogen-bond donors (Lipinski definition) is 1. The van der Waals surface area contributed by atoms with Crippen molar-refractivity contribution in [1.29, 1.82) is 0 Å². The SMILES string of the molecule is Cc1ccc(NC(=O)CN(Cc2ccccc2)S(=O)(=O)/C=C/c2ccccc2)c(C)c1. The van der Waals surface area contributed by atoms with Gasteiger partial charge in [0.1, 0.15) is 0 Å². The predicted molar refractivity (Wildman–Crippen MR) is 126 cm³/mol. The molecule has 1 amide bonds. The summed E-state index contributed by atoms with van der Waals surface area (Å²) in [6, 6.07) is 24.1. The molecule has 0 radical (unpaired) electrons. The van der Waals surface area contributed by atoms with Gasteiger partial charge in [-0.05, 0) is 42.7 Å². The monoisotopic (exact) mass is 434 g/mol. The molecule has 0 fully saturated rings. The standard InChI is InChI=1S/C25H26N2O3S/c1-20-13-14-24(21(2)17-20)26-25(28)19-27(18-23-11-7-4-8-12-23)31(29,30)16-15-22-9-5-3-6-10-22/h3-17H,18-19H2,1-2H3,(H,26,28)/b16-15+. The van der Waals surface area contributed by atoms with Crippen molar-refractivity contribution < 1.29 is 13.2 Å². The number of carbonyl (C=O) groups is 1. The Kier molecular flexibility index (Phi) is 7.39. The van der Waals surface area contributed by atoms with E-state index in [-0.39, 0.29) is 19.0 Å². The number of aryl methyl sites for hydroxylation is 2. The smallest absolute Gasteiger partial charge is 0.239 e. The van der Waals surface area contributed by atoms with Crippen molar-refractivity contribution in [2.24, 2.45) is 0 Å².